The lowest BCUT2D eigenvalue weighted by Gasteiger charge is -2.28. The molecule has 0 aromatic carbocycles. The van der Waals surface area contributed by atoms with Crippen LogP contribution < -0.4 is 5.32 Å². The van der Waals surface area contributed by atoms with Crippen LogP contribution in [0.2, 0.25) is 0 Å². The molecule has 1 aliphatic heterocycles. The molecule has 0 saturated carbocycles. The summed E-state index contributed by atoms with van der Waals surface area (Å²) in [6.07, 6.45) is 7.98. The molecule has 4 heteroatoms. The Morgan fingerprint density at radius 3 is 3.05 bits per heavy atom. The first-order valence-electron chi connectivity index (χ1n) is 8.21. The van der Waals surface area contributed by atoms with Crippen molar-refractivity contribution < 1.29 is 0 Å². The predicted octanol–water partition coefficient (Wildman–Crippen LogP) is 3.80. The highest BCUT2D eigenvalue weighted by Gasteiger charge is 2.20. The third-order valence-corrected chi connectivity index (χ3v) is 5.04. The first kappa shape index (κ1) is 15.9. The van der Waals surface area contributed by atoms with Crippen LogP contribution in [0, 0.1) is 0 Å². The van der Waals surface area contributed by atoms with E-state index in [1.807, 2.05) is 0 Å². The molecule has 2 rings (SSSR count). The Morgan fingerprint density at radius 1 is 1.35 bits per heavy atom. The van der Waals surface area contributed by atoms with Gasteiger partial charge in [-0.05, 0) is 38.8 Å². The summed E-state index contributed by atoms with van der Waals surface area (Å²) in [7, 11) is 0. The minimum absolute atomic E-state index is 0.765. The van der Waals surface area contributed by atoms with Crippen molar-refractivity contribution in [3.8, 4) is 0 Å². The quantitative estimate of drug-likeness (QED) is 0.776. The third-order valence-electron chi connectivity index (χ3n) is 4.14. The van der Waals surface area contributed by atoms with Crippen molar-refractivity contribution in [1.82, 2.24) is 15.2 Å². The van der Waals surface area contributed by atoms with Gasteiger partial charge in [-0.2, -0.15) is 0 Å². The normalized spacial score (nSPS) is 21.0. The predicted molar refractivity (Wildman–Crippen MR) is 87.1 cm³/mol. The Morgan fingerprint density at radius 2 is 2.25 bits per heavy atom. The number of hydrogen-bond donors (Lipinski definition) is 1. The van der Waals surface area contributed by atoms with Crippen molar-refractivity contribution in [2.24, 2.45) is 0 Å². The fourth-order valence-electron chi connectivity index (χ4n) is 2.99. The van der Waals surface area contributed by atoms with Gasteiger partial charge in [0.15, 0.2) is 0 Å². The first-order valence-corrected chi connectivity index (χ1v) is 9.09. The second kappa shape index (κ2) is 8.75. The van der Waals surface area contributed by atoms with Crippen molar-refractivity contribution in [3.63, 3.8) is 0 Å². The van der Waals surface area contributed by atoms with Crippen molar-refractivity contribution in [2.45, 2.75) is 71.5 Å². The van der Waals surface area contributed by atoms with Gasteiger partial charge < -0.3 is 5.32 Å². The Labute approximate surface area is 127 Å². The SMILES string of the molecule is CCCNCc1nc(CN2CCCCCC2CC)cs1. The molecule has 3 nitrogen and oxygen atoms in total. The van der Waals surface area contributed by atoms with Gasteiger partial charge in [0.2, 0.25) is 0 Å². The summed E-state index contributed by atoms with van der Waals surface area (Å²) in [6.45, 7) is 8.82. The van der Waals surface area contributed by atoms with Gasteiger partial charge in [0.1, 0.15) is 5.01 Å². The number of nitrogens with zero attached hydrogens (tertiary/aromatic N) is 2. The second-order valence-electron chi connectivity index (χ2n) is 5.79. The lowest BCUT2D eigenvalue weighted by molar-refractivity contribution is 0.184. The van der Waals surface area contributed by atoms with Gasteiger partial charge in [-0.25, -0.2) is 4.98 Å². The smallest absolute Gasteiger partial charge is 0.107 e. The van der Waals surface area contributed by atoms with Gasteiger partial charge in [0.05, 0.1) is 5.69 Å². The lowest BCUT2D eigenvalue weighted by atomic mass is 10.1. The first-order chi connectivity index (χ1) is 9.83. The highest BCUT2D eigenvalue weighted by Crippen LogP contribution is 2.22. The molecule has 1 fully saturated rings. The molecule has 0 bridgehead atoms. The molecule has 114 valence electrons. The summed E-state index contributed by atoms with van der Waals surface area (Å²) in [4.78, 5) is 7.45. The van der Waals surface area contributed by atoms with Crippen molar-refractivity contribution >= 4 is 11.3 Å². The van der Waals surface area contributed by atoms with E-state index in [9.17, 15) is 0 Å². The summed E-state index contributed by atoms with van der Waals surface area (Å²) < 4.78 is 0. The van der Waals surface area contributed by atoms with Crippen molar-refractivity contribution in [2.75, 3.05) is 13.1 Å². The van der Waals surface area contributed by atoms with Crippen molar-refractivity contribution in [1.29, 1.82) is 0 Å². The van der Waals surface area contributed by atoms with Crippen LogP contribution in [0.15, 0.2) is 5.38 Å². The molecular formula is C16H29N3S. The van der Waals surface area contributed by atoms with E-state index in [4.69, 9.17) is 4.98 Å². The van der Waals surface area contributed by atoms with Crippen LogP contribution in [0.3, 0.4) is 0 Å². The highest BCUT2D eigenvalue weighted by molar-refractivity contribution is 7.09. The molecule has 0 radical (unpaired) electrons. The van der Waals surface area contributed by atoms with Crippen LogP contribution in [0.4, 0.5) is 0 Å². The van der Waals surface area contributed by atoms with Gasteiger partial charge in [-0.1, -0.05) is 26.7 Å². The Balaban J connectivity index is 1.87. The molecule has 1 unspecified atom stereocenters. The summed E-state index contributed by atoms with van der Waals surface area (Å²) >= 11 is 1.80. The van der Waals surface area contributed by atoms with Crippen molar-refractivity contribution in [3.05, 3.63) is 16.1 Å². The van der Waals surface area contributed by atoms with Crippen LogP contribution in [-0.4, -0.2) is 29.0 Å². The standard InChI is InChI=1S/C16H29N3S/c1-3-9-17-11-16-18-14(13-20-16)12-19-10-7-5-6-8-15(19)4-2/h13,15,17H,3-12H2,1-2H3. The Hall–Kier alpha value is -0.450. The maximum absolute atomic E-state index is 4.79. The van der Waals surface area contributed by atoms with Crippen LogP contribution in [0.1, 0.15) is 63.1 Å². The Kier molecular flexibility index (Phi) is 6.97. The number of thiazole rings is 1. The van der Waals surface area contributed by atoms with E-state index in [1.165, 1.54) is 55.8 Å². The molecular weight excluding hydrogens is 266 g/mol. The van der Waals surface area contributed by atoms with Gasteiger partial charge >= 0.3 is 0 Å². The number of aromatic nitrogens is 1. The molecule has 1 saturated heterocycles. The molecule has 1 N–H and O–H groups in total. The molecule has 0 aliphatic carbocycles. The lowest BCUT2D eigenvalue weighted by Crippen LogP contribution is -2.33. The van der Waals surface area contributed by atoms with E-state index in [-0.39, 0.29) is 0 Å². The van der Waals surface area contributed by atoms with E-state index in [1.54, 1.807) is 11.3 Å². The number of nitrogens with one attached hydrogen (secondary N) is 1. The topological polar surface area (TPSA) is 28.2 Å². The number of likely N-dealkylation sites (tertiary alicyclic amines) is 1. The maximum atomic E-state index is 4.79. The molecule has 0 amide bonds. The molecule has 0 spiro atoms. The van der Waals surface area contributed by atoms with E-state index >= 15 is 0 Å². The summed E-state index contributed by atoms with van der Waals surface area (Å²) in [5, 5.41) is 6.92. The van der Waals surface area contributed by atoms with Gasteiger partial charge in [-0.3, -0.25) is 4.90 Å². The zero-order valence-electron chi connectivity index (χ0n) is 13.0. The molecule has 1 atom stereocenters. The minimum atomic E-state index is 0.765. The zero-order chi connectivity index (χ0) is 14.2. The maximum Gasteiger partial charge on any atom is 0.107 e. The van der Waals surface area contributed by atoms with Gasteiger partial charge in [0, 0.05) is 24.5 Å². The zero-order valence-corrected chi connectivity index (χ0v) is 13.8. The fourth-order valence-corrected chi connectivity index (χ4v) is 3.74. The second-order valence-corrected chi connectivity index (χ2v) is 6.73. The van der Waals surface area contributed by atoms with E-state index in [2.05, 4.69) is 29.4 Å². The summed E-state index contributed by atoms with van der Waals surface area (Å²) in [5.41, 5.74) is 1.27. The third kappa shape index (κ3) is 4.83. The molecule has 20 heavy (non-hydrogen) atoms. The van der Waals surface area contributed by atoms with E-state index < -0.39 is 0 Å². The van der Waals surface area contributed by atoms with Gasteiger partial charge in [0.25, 0.3) is 0 Å². The minimum Gasteiger partial charge on any atom is -0.310 e. The van der Waals surface area contributed by atoms with Crippen LogP contribution in [0.25, 0.3) is 0 Å². The number of hydrogen-bond acceptors (Lipinski definition) is 4. The average molecular weight is 295 g/mol. The molecule has 1 aromatic rings. The largest absolute Gasteiger partial charge is 0.310 e. The fraction of sp³-hybridized carbons (Fsp3) is 0.812. The molecule has 1 aliphatic rings. The summed E-state index contributed by atoms with van der Waals surface area (Å²) in [5.74, 6) is 0. The number of rotatable bonds is 7. The van der Waals surface area contributed by atoms with E-state index in [0.29, 0.717) is 0 Å². The van der Waals surface area contributed by atoms with Crippen LogP contribution in [-0.2, 0) is 13.1 Å². The highest BCUT2D eigenvalue weighted by atomic mass is 32.1. The van der Waals surface area contributed by atoms with Crippen LogP contribution in [0.5, 0.6) is 0 Å². The monoisotopic (exact) mass is 295 g/mol. The molecule has 1 aromatic heterocycles. The Bertz CT molecular complexity index is 378. The average Bonchev–Trinajstić information content (AvgIpc) is 2.77. The van der Waals surface area contributed by atoms with Crippen LogP contribution >= 0.6 is 11.3 Å². The van der Waals surface area contributed by atoms with E-state index in [0.717, 1.165) is 25.7 Å². The molecule has 2 heterocycles. The van der Waals surface area contributed by atoms with Gasteiger partial charge in [-0.15, -0.1) is 11.3 Å². The summed E-state index contributed by atoms with van der Waals surface area (Å²) in [6, 6.07) is 0.765.